The zero-order valence-electron chi connectivity index (χ0n) is 11.8. The summed E-state index contributed by atoms with van der Waals surface area (Å²) in [5, 5.41) is 10.6. The van der Waals surface area contributed by atoms with Crippen LogP contribution < -0.4 is 10.6 Å². The smallest absolute Gasteiger partial charge is 0.240 e. The first-order valence-corrected chi connectivity index (χ1v) is 7.26. The van der Waals surface area contributed by atoms with Crippen molar-refractivity contribution in [1.29, 1.82) is 0 Å². The summed E-state index contributed by atoms with van der Waals surface area (Å²) >= 11 is 0. The number of carbonyl (C=O) groups excluding carboxylic acids is 1. The molecule has 5 heteroatoms. The molecule has 3 rings (SSSR count). The molecule has 5 nitrogen and oxygen atoms in total. The van der Waals surface area contributed by atoms with Crippen LogP contribution in [0.4, 0.5) is 5.82 Å². The van der Waals surface area contributed by atoms with Gasteiger partial charge in [0, 0.05) is 17.5 Å². The van der Waals surface area contributed by atoms with Crippen LogP contribution in [-0.4, -0.2) is 28.6 Å². The van der Waals surface area contributed by atoms with Crippen molar-refractivity contribution < 1.29 is 9.90 Å². The summed E-state index contributed by atoms with van der Waals surface area (Å²) in [5.41, 5.74) is 7.13. The Morgan fingerprint density at radius 3 is 2.95 bits per heavy atom. The van der Waals surface area contributed by atoms with Gasteiger partial charge in [-0.2, -0.15) is 0 Å². The Hall–Kier alpha value is -2.14. The van der Waals surface area contributed by atoms with Crippen LogP contribution in [0.2, 0.25) is 0 Å². The number of fused-ring (bicyclic) bond motifs is 1. The first-order valence-electron chi connectivity index (χ1n) is 7.26. The van der Waals surface area contributed by atoms with Gasteiger partial charge in [0.05, 0.1) is 12.1 Å². The highest BCUT2D eigenvalue weighted by Crippen LogP contribution is 2.29. The van der Waals surface area contributed by atoms with Crippen LogP contribution in [-0.2, 0) is 11.4 Å². The van der Waals surface area contributed by atoms with Crippen LogP contribution >= 0.6 is 0 Å². The summed E-state index contributed by atoms with van der Waals surface area (Å²) in [5.74, 6) is 0.355. The molecular formula is C16H19N3O2. The molecule has 0 saturated carbocycles. The predicted octanol–water partition coefficient (Wildman–Crippen LogP) is 1.57. The summed E-state index contributed by atoms with van der Waals surface area (Å²) in [7, 11) is 0. The Balaban J connectivity index is 2.10. The summed E-state index contributed by atoms with van der Waals surface area (Å²) in [6, 6.07) is 9.37. The van der Waals surface area contributed by atoms with Gasteiger partial charge in [0.25, 0.3) is 0 Å². The van der Waals surface area contributed by atoms with Gasteiger partial charge in [-0.1, -0.05) is 18.2 Å². The molecule has 1 unspecified atom stereocenters. The van der Waals surface area contributed by atoms with Crippen LogP contribution in [0.3, 0.4) is 0 Å². The Kier molecular flexibility index (Phi) is 3.75. The van der Waals surface area contributed by atoms with Crippen molar-refractivity contribution in [2.45, 2.75) is 31.9 Å². The average molecular weight is 285 g/mol. The minimum atomic E-state index is -0.335. The number of amides is 1. The standard InChI is InChI=1S/C16H19N3O2/c17-15(21)14-7-3-4-8-19(14)16-12(10-20)9-11-5-1-2-6-13(11)18-16/h1-2,5-6,9,14,20H,3-4,7-8,10H2,(H2,17,21). The van der Waals surface area contributed by atoms with Crippen molar-refractivity contribution >= 4 is 22.6 Å². The predicted molar refractivity (Wildman–Crippen MR) is 81.8 cm³/mol. The Bertz CT molecular complexity index is 672. The fourth-order valence-electron chi connectivity index (χ4n) is 3.00. The largest absolute Gasteiger partial charge is 0.392 e. The quantitative estimate of drug-likeness (QED) is 0.897. The number of nitrogens with zero attached hydrogens (tertiary/aromatic N) is 2. The average Bonchev–Trinajstić information content (AvgIpc) is 2.53. The number of aliphatic hydroxyl groups is 1. The molecule has 1 aromatic carbocycles. The Morgan fingerprint density at radius 2 is 2.19 bits per heavy atom. The Morgan fingerprint density at radius 1 is 1.38 bits per heavy atom. The number of para-hydroxylation sites is 1. The SMILES string of the molecule is NC(=O)C1CCCCN1c1nc2ccccc2cc1CO. The second-order valence-corrected chi connectivity index (χ2v) is 5.43. The second-order valence-electron chi connectivity index (χ2n) is 5.43. The number of benzene rings is 1. The minimum absolute atomic E-state index is 0.102. The van der Waals surface area contributed by atoms with Gasteiger partial charge in [0.2, 0.25) is 5.91 Å². The van der Waals surface area contributed by atoms with E-state index in [1.54, 1.807) is 0 Å². The van der Waals surface area contributed by atoms with Crippen molar-refractivity contribution in [3.05, 3.63) is 35.9 Å². The van der Waals surface area contributed by atoms with Crippen LogP contribution in [0, 0.1) is 0 Å². The summed E-state index contributed by atoms with van der Waals surface area (Å²) in [6.45, 7) is 0.640. The molecule has 110 valence electrons. The highest BCUT2D eigenvalue weighted by atomic mass is 16.3. The lowest BCUT2D eigenvalue weighted by molar-refractivity contribution is -0.119. The topological polar surface area (TPSA) is 79.5 Å². The number of primary amides is 1. The van der Waals surface area contributed by atoms with E-state index in [0.29, 0.717) is 5.82 Å². The number of pyridine rings is 1. The van der Waals surface area contributed by atoms with Gasteiger partial charge in [-0.05, 0) is 31.4 Å². The maximum absolute atomic E-state index is 11.7. The summed E-state index contributed by atoms with van der Waals surface area (Å²) < 4.78 is 0. The highest BCUT2D eigenvalue weighted by Gasteiger charge is 2.29. The molecule has 2 heterocycles. The van der Waals surface area contributed by atoms with Crippen LogP contribution in [0.1, 0.15) is 24.8 Å². The Labute approximate surface area is 123 Å². The highest BCUT2D eigenvalue weighted by molar-refractivity contribution is 5.86. The fraction of sp³-hybridized carbons (Fsp3) is 0.375. The maximum Gasteiger partial charge on any atom is 0.240 e. The van der Waals surface area contributed by atoms with E-state index in [0.717, 1.165) is 42.3 Å². The molecule has 1 amide bonds. The zero-order chi connectivity index (χ0) is 14.8. The van der Waals surface area contributed by atoms with Gasteiger partial charge in [0.1, 0.15) is 11.9 Å². The number of hydrogen-bond donors (Lipinski definition) is 2. The zero-order valence-corrected chi connectivity index (χ0v) is 11.8. The molecule has 1 saturated heterocycles. The van der Waals surface area contributed by atoms with Gasteiger partial charge in [-0.3, -0.25) is 4.79 Å². The molecule has 0 bridgehead atoms. The number of aliphatic hydroxyl groups excluding tert-OH is 1. The van der Waals surface area contributed by atoms with E-state index in [2.05, 4.69) is 4.98 Å². The van der Waals surface area contributed by atoms with E-state index in [-0.39, 0.29) is 18.6 Å². The molecule has 0 aliphatic carbocycles. The van der Waals surface area contributed by atoms with Gasteiger partial charge in [-0.25, -0.2) is 4.98 Å². The van der Waals surface area contributed by atoms with E-state index in [1.165, 1.54) is 0 Å². The number of carbonyl (C=O) groups is 1. The maximum atomic E-state index is 11.7. The van der Waals surface area contributed by atoms with Crippen molar-refractivity contribution in [3.8, 4) is 0 Å². The van der Waals surface area contributed by atoms with E-state index in [4.69, 9.17) is 5.73 Å². The third-order valence-corrected chi connectivity index (χ3v) is 4.05. The lowest BCUT2D eigenvalue weighted by atomic mass is 10.0. The molecule has 1 atom stereocenters. The third kappa shape index (κ3) is 2.56. The molecule has 2 aromatic rings. The van der Waals surface area contributed by atoms with Crippen LogP contribution in [0.5, 0.6) is 0 Å². The molecule has 0 spiro atoms. The first-order chi connectivity index (χ1) is 10.2. The number of aromatic nitrogens is 1. The number of piperidine rings is 1. The normalized spacial score (nSPS) is 18.9. The molecule has 21 heavy (non-hydrogen) atoms. The van der Waals surface area contributed by atoms with Gasteiger partial charge in [0.15, 0.2) is 0 Å². The van der Waals surface area contributed by atoms with Crippen LogP contribution in [0.15, 0.2) is 30.3 Å². The molecule has 3 N–H and O–H groups in total. The number of anilines is 1. The second kappa shape index (κ2) is 5.69. The molecule has 1 aliphatic heterocycles. The third-order valence-electron chi connectivity index (χ3n) is 4.05. The van der Waals surface area contributed by atoms with Crippen molar-refractivity contribution in [3.63, 3.8) is 0 Å². The van der Waals surface area contributed by atoms with E-state index in [9.17, 15) is 9.90 Å². The van der Waals surface area contributed by atoms with Crippen molar-refractivity contribution in [1.82, 2.24) is 4.98 Å². The number of nitrogens with two attached hydrogens (primary N) is 1. The number of rotatable bonds is 3. The first kappa shape index (κ1) is 13.8. The molecule has 1 fully saturated rings. The van der Waals surface area contributed by atoms with E-state index in [1.807, 2.05) is 35.2 Å². The van der Waals surface area contributed by atoms with Gasteiger partial charge < -0.3 is 15.7 Å². The van der Waals surface area contributed by atoms with E-state index >= 15 is 0 Å². The molecule has 0 radical (unpaired) electrons. The molecular weight excluding hydrogens is 266 g/mol. The van der Waals surface area contributed by atoms with Gasteiger partial charge >= 0.3 is 0 Å². The number of hydrogen-bond acceptors (Lipinski definition) is 4. The van der Waals surface area contributed by atoms with E-state index < -0.39 is 0 Å². The summed E-state index contributed by atoms with van der Waals surface area (Å²) in [6.07, 6.45) is 2.74. The summed E-state index contributed by atoms with van der Waals surface area (Å²) in [4.78, 5) is 18.3. The monoisotopic (exact) mass is 285 g/mol. The molecule has 1 aromatic heterocycles. The fourth-order valence-corrected chi connectivity index (χ4v) is 3.00. The van der Waals surface area contributed by atoms with Crippen molar-refractivity contribution in [2.75, 3.05) is 11.4 Å². The lowest BCUT2D eigenvalue weighted by Gasteiger charge is -2.35. The minimum Gasteiger partial charge on any atom is -0.392 e. The van der Waals surface area contributed by atoms with Gasteiger partial charge in [-0.15, -0.1) is 0 Å². The molecule has 1 aliphatic rings. The van der Waals surface area contributed by atoms with Crippen molar-refractivity contribution in [2.24, 2.45) is 5.73 Å². The van der Waals surface area contributed by atoms with Crippen LogP contribution in [0.25, 0.3) is 10.9 Å². The lowest BCUT2D eigenvalue weighted by Crippen LogP contribution is -2.48.